The predicted octanol–water partition coefficient (Wildman–Crippen LogP) is 4.43. The average Bonchev–Trinajstić information content (AvgIpc) is 3.34. The molecule has 11 heteroatoms. The fourth-order valence-electron chi connectivity index (χ4n) is 5.04. The average molecular weight is 547 g/mol. The minimum atomic E-state index is -0.722. The van der Waals surface area contributed by atoms with E-state index in [1.807, 2.05) is 31.2 Å². The van der Waals surface area contributed by atoms with Gasteiger partial charge in [-0.3, -0.25) is 15.0 Å². The highest BCUT2D eigenvalue weighted by molar-refractivity contribution is 5.82. The number of rotatable bonds is 8. The maximum absolute atomic E-state index is 14.8. The molecule has 0 saturated carbocycles. The van der Waals surface area contributed by atoms with E-state index in [0.717, 1.165) is 38.3 Å². The third-order valence-electron chi connectivity index (χ3n) is 7.40. The van der Waals surface area contributed by atoms with Crippen molar-refractivity contribution < 1.29 is 19.5 Å². The molecule has 0 unspecified atom stereocenters. The Morgan fingerprint density at radius 1 is 1.00 bits per heavy atom. The molecule has 208 valence electrons. The number of phenolic OH excluding ortho intramolecular Hbond substituents is 2. The number of aryl methyl sites for hydroxylation is 1. The molecule has 0 radical (unpaired) electrons. The number of nitro benzene ring substituents is 1. The SMILES string of the molecule is CCc1cc(-c2nnn(Cc3c(F)cccc3[N+](=O)[O-])c2-c2ccc(CN3CCN(C)CC3)cc2)c(O)cc1O. The van der Waals surface area contributed by atoms with Crippen molar-refractivity contribution in [2.45, 2.75) is 26.4 Å². The lowest BCUT2D eigenvalue weighted by molar-refractivity contribution is -0.385. The van der Waals surface area contributed by atoms with E-state index in [2.05, 4.69) is 27.2 Å². The van der Waals surface area contributed by atoms with Gasteiger partial charge in [-0.05, 0) is 36.7 Å². The molecule has 1 aromatic heterocycles. The summed E-state index contributed by atoms with van der Waals surface area (Å²) in [6.07, 6.45) is 0.519. The van der Waals surface area contributed by atoms with Crippen LogP contribution < -0.4 is 0 Å². The first kappa shape index (κ1) is 27.2. The number of benzene rings is 3. The van der Waals surface area contributed by atoms with Crippen LogP contribution in [0.1, 0.15) is 23.6 Å². The number of piperazine rings is 1. The number of aromatic nitrogens is 3. The maximum Gasteiger partial charge on any atom is 0.277 e. The second-order valence-electron chi connectivity index (χ2n) is 10.1. The van der Waals surface area contributed by atoms with Crippen LogP contribution in [0.3, 0.4) is 0 Å². The van der Waals surface area contributed by atoms with Gasteiger partial charge < -0.3 is 15.1 Å². The molecule has 40 heavy (non-hydrogen) atoms. The van der Waals surface area contributed by atoms with Gasteiger partial charge in [0.1, 0.15) is 23.0 Å². The summed E-state index contributed by atoms with van der Waals surface area (Å²) in [4.78, 5) is 15.7. The number of phenols is 2. The van der Waals surface area contributed by atoms with Crippen molar-refractivity contribution in [3.8, 4) is 34.0 Å². The van der Waals surface area contributed by atoms with Crippen LogP contribution in [0.15, 0.2) is 54.6 Å². The molecule has 2 heterocycles. The van der Waals surface area contributed by atoms with Crippen molar-refractivity contribution in [1.29, 1.82) is 0 Å². The lowest BCUT2D eigenvalue weighted by Crippen LogP contribution is -2.43. The van der Waals surface area contributed by atoms with Crippen LogP contribution in [-0.2, 0) is 19.5 Å². The number of hydrogen-bond donors (Lipinski definition) is 2. The summed E-state index contributed by atoms with van der Waals surface area (Å²) >= 11 is 0. The quantitative estimate of drug-likeness (QED) is 0.246. The number of halogens is 1. The summed E-state index contributed by atoms with van der Waals surface area (Å²) in [7, 11) is 2.12. The van der Waals surface area contributed by atoms with E-state index in [-0.39, 0.29) is 29.3 Å². The molecular weight excluding hydrogens is 515 g/mol. The maximum atomic E-state index is 14.8. The molecule has 1 aliphatic heterocycles. The molecular formula is C29H31FN6O4. The van der Waals surface area contributed by atoms with Crippen LogP contribution in [0, 0.1) is 15.9 Å². The monoisotopic (exact) mass is 546 g/mol. The van der Waals surface area contributed by atoms with Gasteiger partial charge in [0, 0.05) is 56.0 Å². The summed E-state index contributed by atoms with van der Waals surface area (Å²) in [6, 6.07) is 14.5. The van der Waals surface area contributed by atoms with Crippen LogP contribution >= 0.6 is 0 Å². The van der Waals surface area contributed by atoms with E-state index in [0.29, 0.717) is 34.5 Å². The standard InChI is InChI=1S/C29H31FN6O4/c1-3-20-15-22(27(38)16-26(20)37)28-29(21-9-7-19(8-10-21)17-34-13-11-33(2)12-14-34)35(32-31-28)18-23-24(30)5-4-6-25(23)36(39)40/h4-10,15-16,37-38H,3,11-14,17-18H2,1-2H3. The molecule has 3 aromatic carbocycles. The molecule has 1 aliphatic rings. The summed E-state index contributed by atoms with van der Waals surface area (Å²) in [5, 5.41) is 41.2. The van der Waals surface area contributed by atoms with E-state index in [1.54, 1.807) is 6.07 Å². The summed E-state index contributed by atoms with van der Waals surface area (Å²) in [5.74, 6) is -0.944. The van der Waals surface area contributed by atoms with Gasteiger partial charge in [-0.1, -0.05) is 42.5 Å². The van der Waals surface area contributed by atoms with Gasteiger partial charge in [-0.15, -0.1) is 5.10 Å². The first-order chi connectivity index (χ1) is 19.2. The second-order valence-corrected chi connectivity index (χ2v) is 10.1. The molecule has 2 N–H and O–H groups in total. The van der Waals surface area contributed by atoms with Crippen LogP contribution in [0.2, 0.25) is 0 Å². The molecule has 1 fully saturated rings. The largest absolute Gasteiger partial charge is 0.508 e. The van der Waals surface area contributed by atoms with Crippen LogP contribution in [0.5, 0.6) is 11.5 Å². The van der Waals surface area contributed by atoms with E-state index in [1.165, 1.54) is 28.9 Å². The second kappa shape index (κ2) is 11.4. The van der Waals surface area contributed by atoms with Crippen molar-refractivity contribution >= 4 is 5.69 Å². The normalized spacial score (nSPS) is 14.5. The molecule has 0 bridgehead atoms. The van der Waals surface area contributed by atoms with Gasteiger partial charge in [0.25, 0.3) is 5.69 Å². The zero-order chi connectivity index (χ0) is 28.4. The molecule has 0 spiro atoms. The lowest BCUT2D eigenvalue weighted by atomic mass is 9.99. The fourth-order valence-corrected chi connectivity index (χ4v) is 5.04. The molecule has 10 nitrogen and oxygen atoms in total. The molecule has 0 amide bonds. The highest BCUT2D eigenvalue weighted by Crippen LogP contribution is 2.39. The topological polar surface area (TPSA) is 121 Å². The Bertz CT molecular complexity index is 1530. The number of nitro groups is 1. The lowest BCUT2D eigenvalue weighted by Gasteiger charge is -2.32. The number of likely N-dealkylation sites (N-methyl/N-ethyl adjacent to an activating group) is 1. The smallest absolute Gasteiger partial charge is 0.277 e. The third-order valence-corrected chi connectivity index (χ3v) is 7.40. The van der Waals surface area contributed by atoms with Crippen molar-refractivity contribution in [3.63, 3.8) is 0 Å². The molecule has 0 aliphatic carbocycles. The minimum Gasteiger partial charge on any atom is -0.508 e. The third kappa shape index (κ3) is 5.51. The Balaban J connectivity index is 1.58. The highest BCUT2D eigenvalue weighted by atomic mass is 19.1. The van der Waals surface area contributed by atoms with E-state index in [9.17, 15) is 24.7 Å². The van der Waals surface area contributed by atoms with Gasteiger partial charge in [-0.2, -0.15) is 0 Å². The summed E-state index contributed by atoms with van der Waals surface area (Å²) in [6.45, 7) is 6.45. The highest BCUT2D eigenvalue weighted by Gasteiger charge is 2.25. The van der Waals surface area contributed by atoms with Crippen LogP contribution in [0.25, 0.3) is 22.5 Å². The number of hydrogen-bond acceptors (Lipinski definition) is 8. The van der Waals surface area contributed by atoms with E-state index >= 15 is 0 Å². The van der Waals surface area contributed by atoms with Crippen molar-refractivity contribution in [3.05, 3.63) is 87.2 Å². The first-order valence-electron chi connectivity index (χ1n) is 13.2. The Kier molecular flexibility index (Phi) is 7.76. The molecule has 4 aromatic rings. The van der Waals surface area contributed by atoms with Crippen molar-refractivity contribution in [1.82, 2.24) is 24.8 Å². The van der Waals surface area contributed by atoms with Gasteiger partial charge in [0.15, 0.2) is 0 Å². The Labute approximate surface area is 231 Å². The first-order valence-corrected chi connectivity index (χ1v) is 13.2. The predicted molar refractivity (Wildman–Crippen MR) is 149 cm³/mol. The number of nitrogens with zero attached hydrogens (tertiary/aromatic N) is 6. The van der Waals surface area contributed by atoms with Crippen molar-refractivity contribution in [2.24, 2.45) is 0 Å². The Morgan fingerprint density at radius 2 is 1.73 bits per heavy atom. The van der Waals surface area contributed by atoms with Crippen LogP contribution in [-0.4, -0.2) is 73.2 Å². The van der Waals surface area contributed by atoms with Gasteiger partial charge in [0.05, 0.1) is 22.7 Å². The van der Waals surface area contributed by atoms with E-state index < -0.39 is 10.7 Å². The van der Waals surface area contributed by atoms with Gasteiger partial charge >= 0.3 is 0 Å². The van der Waals surface area contributed by atoms with Crippen LogP contribution in [0.4, 0.5) is 10.1 Å². The molecule has 5 rings (SSSR count). The summed E-state index contributed by atoms with van der Waals surface area (Å²) in [5.41, 5.74) is 3.09. The summed E-state index contributed by atoms with van der Waals surface area (Å²) < 4.78 is 16.2. The molecule has 0 atom stereocenters. The number of aromatic hydroxyl groups is 2. The Morgan fingerprint density at radius 3 is 2.40 bits per heavy atom. The molecule has 1 saturated heterocycles. The zero-order valence-corrected chi connectivity index (χ0v) is 22.4. The minimum absolute atomic E-state index is 0.0343. The fraction of sp³-hybridized carbons (Fsp3) is 0.310. The van der Waals surface area contributed by atoms with Gasteiger partial charge in [0.2, 0.25) is 0 Å². The van der Waals surface area contributed by atoms with E-state index in [4.69, 9.17) is 0 Å². The zero-order valence-electron chi connectivity index (χ0n) is 22.4. The van der Waals surface area contributed by atoms with Gasteiger partial charge in [-0.25, -0.2) is 9.07 Å². The van der Waals surface area contributed by atoms with Crippen molar-refractivity contribution in [2.75, 3.05) is 33.2 Å². The Hall–Kier alpha value is -4.35.